The van der Waals surface area contributed by atoms with Gasteiger partial charge in [0.25, 0.3) is 0 Å². The van der Waals surface area contributed by atoms with Gasteiger partial charge in [-0.15, -0.1) is 0 Å². The van der Waals surface area contributed by atoms with Crippen LogP contribution < -0.4 is 22.1 Å². The Morgan fingerprint density at radius 3 is 2.17 bits per heavy atom. The van der Waals surface area contributed by atoms with E-state index < -0.39 is 23.8 Å². The number of nitrogens with two attached hydrogens (primary N) is 2. The van der Waals surface area contributed by atoms with Crippen LogP contribution in [0.4, 0.5) is 0 Å². The van der Waals surface area contributed by atoms with Gasteiger partial charge in [-0.25, -0.2) is 0 Å². The van der Waals surface area contributed by atoms with Crippen LogP contribution in [0.1, 0.15) is 26.2 Å². The van der Waals surface area contributed by atoms with Gasteiger partial charge in [0, 0.05) is 12.8 Å². The lowest BCUT2D eigenvalue weighted by molar-refractivity contribution is -0.130. The van der Waals surface area contributed by atoms with E-state index in [2.05, 4.69) is 10.6 Å². The van der Waals surface area contributed by atoms with Crippen molar-refractivity contribution in [3.63, 3.8) is 0 Å². The molecule has 0 aliphatic heterocycles. The van der Waals surface area contributed by atoms with E-state index in [1.807, 2.05) is 0 Å². The van der Waals surface area contributed by atoms with Crippen LogP contribution >= 0.6 is 0 Å². The van der Waals surface area contributed by atoms with Crippen molar-refractivity contribution in [2.24, 2.45) is 11.5 Å². The van der Waals surface area contributed by atoms with E-state index in [0.717, 1.165) is 0 Å². The molecule has 0 saturated carbocycles. The number of amides is 4. The minimum atomic E-state index is -0.899. The van der Waals surface area contributed by atoms with Crippen LogP contribution in [0.5, 0.6) is 0 Å². The van der Waals surface area contributed by atoms with Gasteiger partial charge >= 0.3 is 0 Å². The summed E-state index contributed by atoms with van der Waals surface area (Å²) in [5.74, 6) is -2.18. The third-order valence-electron chi connectivity index (χ3n) is 2.09. The Hall–Kier alpha value is -2.12. The quantitative estimate of drug-likeness (QED) is 0.389. The molecule has 0 rings (SSSR count). The van der Waals surface area contributed by atoms with Gasteiger partial charge in [0.15, 0.2) is 0 Å². The molecule has 0 bridgehead atoms. The van der Waals surface area contributed by atoms with E-state index >= 15 is 0 Å². The Morgan fingerprint density at radius 1 is 1.11 bits per heavy atom. The number of primary amides is 2. The molecule has 8 nitrogen and oxygen atoms in total. The van der Waals surface area contributed by atoms with Crippen LogP contribution in [0.25, 0.3) is 0 Å². The molecule has 4 amide bonds. The Bertz CT molecular complexity index is 343. The summed E-state index contributed by atoms with van der Waals surface area (Å²) in [6, 6.07) is -0.899. The second-order valence-electron chi connectivity index (χ2n) is 3.66. The Balaban J connectivity index is 4.42. The highest BCUT2D eigenvalue weighted by atomic mass is 16.2. The summed E-state index contributed by atoms with van der Waals surface area (Å²) >= 11 is 0. The number of hydrogen-bond acceptors (Lipinski definition) is 4. The monoisotopic (exact) mass is 258 g/mol. The van der Waals surface area contributed by atoms with Gasteiger partial charge in [0.05, 0.1) is 6.54 Å². The lowest BCUT2D eigenvalue weighted by Crippen LogP contribution is -2.48. The van der Waals surface area contributed by atoms with Crippen LogP contribution in [-0.2, 0) is 19.2 Å². The van der Waals surface area contributed by atoms with Gasteiger partial charge in [-0.3, -0.25) is 19.2 Å². The lowest BCUT2D eigenvalue weighted by atomic mass is 10.1. The highest BCUT2D eigenvalue weighted by Crippen LogP contribution is 1.98. The van der Waals surface area contributed by atoms with Crippen molar-refractivity contribution < 1.29 is 19.2 Å². The number of carbonyl (C=O) groups is 4. The van der Waals surface area contributed by atoms with Gasteiger partial charge in [-0.2, -0.15) is 0 Å². The highest BCUT2D eigenvalue weighted by molar-refractivity contribution is 5.90. The van der Waals surface area contributed by atoms with Crippen LogP contribution in [0, 0.1) is 0 Å². The average Bonchev–Trinajstić information content (AvgIpc) is 2.30. The zero-order valence-electron chi connectivity index (χ0n) is 10.2. The molecule has 6 N–H and O–H groups in total. The van der Waals surface area contributed by atoms with Crippen molar-refractivity contribution in [3.05, 3.63) is 0 Å². The predicted molar refractivity (Wildman–Crippen MR) is 62.9 cm³/mol. The standard InChI is InChI=1S/C10H18N4O4/c1-2-9(17)14-6(3-4-7(11)15)10(18)13-5-8(12)16/h6H,2-5H2,1H3,(H2,11,15)(H2,12,16)(H,13,18)(H,14,17)/t6-/m0/s1. The van der Waals surface area contributed by atoms with Crippen molar-refractivity contribution in [2.75, 3.05) is 6.54 Å². The third kappa shape index (κ3) is 7.20. The minimum Gasteiger partial charge on any atom is -0.370 e. The minimum absolute atomic E-state index is 0.0430. The van der Waals surface area contributed by atoms with E-state index in [0.29, 0.717) is 0 Å². The fourth-order valence-corrected chi connectivity index (χ4v) is 1.15. The van der Waals surface area contributed by atoms with Crippen LogP contribution in [0.3, 0.4) is 0 Å². The molecule has 0 spiro atoms. The summed E-state index contributed by atoms with van der Waals surface area (Å²) < 4.78 is 0. The molecular weight excluding hydrogens is 240 g/mol. The van der Waals surface area contributed by atoms with Gasteiger partial charge in [-0.05, 0) is 6.42 Å². The Morgan fingerprint density at radius 2 is 1.72 bits per heavy atom. The molecule has 0 aliphatic carbocycles. The molecule has 0 heterocycles. The van der Waals surface area contributed by atoms with E-state index in [-0.39, 0.29) is 31.7 Å². The number of nitrogens with one attached hydrogen (secondary N) is 2. The first-order valence-electron chi connectivity index (χ1n) is 5.50. The summed E-state index contributed by atoms with van der Waals surface area (Å²) in [5, 5.41) is 4.69. The molecular formula is C10H18N4O4. The van der Waals surface area contributed by atoms with Crippen molar-refractivity contribution in [2.45, 2.75) is 32.2 Å². The van der Waals surface area contributed by atoms with Crippen LogP contribution in [-0.4, -0.2) is 36.2 Å². The van der Waals surface area contributed by atoms with Gasteiger partial charge in [0.2, 0.25) is 23.6 Å². The van der Waals surface area contributed by atoms with E-state index in [1.54, 1.807) is 6.92 Å². The normalized spacial score (nSPS) is 11.4. The number of rotatable bonds is 8. The summed E-state index contributed by atoms with van der Waals surface area (Å²) in [5.41, 5.74) is 9.84. The SMILES string of the molecule is CCC(=O)N[C@@H](CCC(N)=O)C(=O)NCC(N)=O. The molecule has 0 aliphatic rings. The molecule has 0 saturated heterocycles. The van der Waals surface area contributed by atoms with Gasteiger partial charge in [-0.1, -0.05) is 6.92 Å². The summed E-state index contributed by atoms with van der Waals surface area (Å²) in [6.45, 7) is 1.30. The first-order chi connectivity index (χ1) is 8.36. The summed E-state index contributed by atoms with van der Waals surface area (Å²) in [7, 11) is 0. The zero-order chi connectivity index (χ0) is 14.1. The molecule has 0 unspecified atom stereocenters. The summed E-state index contributed by atoms with van der Waals surface area (Å²) in [4.78, 5) is 44.0. The third-order valence-corrected chi connectivity index (χ3v) is 2.09. The molecule has 0 aromatic carbocycles. The molecule has 1 atom stereocenters. The van der Waals surface area contributed by atoms with Gasteiger partial charge < -0.3 is 22.1 Å². The smallest absolute Gasteiger partial charge is 0.243 e. The fourth-order valence-electron chi connectivity index (χ4n) is 1.15. The second-order valence-corrected chi connectivity index (χ2v) is 3.66. The number of hydrogen-bond donors (Lipinski definition) is 4. The second kappa shape index (κ2) is 8.04. The van der Waals surface area contributed by atoms with Crippen molar-refractivity contribution in [1.29, 1.82) is 0 Å². The molecule has 0 fully saturated rings. The van der Waals surface area contributed by atoms with Crippen molar-refractivity contribution in [1.82, 2.24) is 10.6 Å². The maximum Gasteiger partial charge on any atom is 0.243 e. The first-order valence-corrected chi connectivity index (χ1v) is 5.50. The van der Waals surface area contributed by atoms with Crippen molar-refractivity contribution >= 4 is 23.6 Å². The largest absolute Gasteiger partial charge is 0.370 e. The zero-order valence-corrected chi connectivity index (χ0v) is 10.2. The summed E-state index contributed by atoms with van der Waals surface area (Å²) in [6.07, 6.45) is 0.237. The van der Waals surface area contributed by atoms with Crippen molar-refractivity contribution in [3.8, 4) is 0 Å². The predicted octanol–water partition coefficient (Wildman–Crippen LogP) is -2.25. The Labute approximate surface area is 104 Å². The maximum absolute atomic E-state index is 11.6. The average molecular weight is 258 g/mol. The Kier molecular flexibility index (Phi) is 7.10. The fraction of sp³-hybridized carbons (Fsp3) is 0.600. The molecule has 102 valence electrons. The van der Waals surface area contributed by atoms with E-state index in [9.17, 15) is 19.2 Å². The lowest BCUT2D eigenvalue weighted by Gasteiger charge is -2.17. The van der Waals surface area contributed by atoms with E-state index in [4.69, 9.17) is 11.5 Å². The maximum atomic E-state index is 11.6. The molecule has 18 heavy (non-hydrogen) atoms. The van der Waals surface area contributed by atoms with Crippen LogP contribution in [0.2, 0.25) is 0 Å². The molecule has 0 radical (unpaired) electrons. The van der Waals surface area contributed by atoms with Crippen LogP contribution in [0.15, 0.2) is 0 Å². The molecule has 0 aromatic rings. The highest BCUT2D eigenvalue weighted by Gasteiger charge is 2.20. The first kappa shape index (κ1) is 15.9. The molecule has 0 aromatic heterocycles. The van der Waals surface area contributed by atoms with E-state index in [1.165, 1.54) is 0 Å². The topological polar surface area (TPSA) is 144 Å². The molecule has 8 heteroatoms. The van der Waals surface area contributed by atoms with Gasteiger partial charge in [0.1, 0.15) is 6.04 Å². The number of carbonyl (C=O) groups excluding carboxylic acids is 4.